The second-order valence-corrected chi connectivity index (χ2v) is 5.91. The van der Waals surface area contributed by atoms with Crippen LogP contribution in [0.1, 0.15) is 54.4 Å². The van der Waals surface area contributed by atoms with Gasteiger partial charge in [0.05, 0.1) is 12.2 Å². The van der Waals surface area contributed by atoms with Crippen molar-refractivity contribution in [2.24, 2.45) is 0 Å². The number of aromatic nitrogens is 2. The quantitative estimate of drug-likeness (QED) is 0.872. The van der Waals surface area contributed by atoms with Gasteiger partial charge in [-0.15, -0.1) is 0 Å². The van der Waals surface area contributed by atoms with E-state index in [-0.39, 0.29) is 0 Å². The van der Waals surface area contributed by atoms with Crippen molar-refractivity contribution >= 4 is 0 Å². The van der Waals surface area contributed by atoms with E-state index in [1.807, 2.05) is 0 Å². The minimum absolute atomic E-state index is 0.358. The first-order chi connectivity index (χ1) is 10.0. The van der Waals surface area contributed by atoms with Crippen LogP contribution in [-0.4, -0.2) is 16.3 Å². The van der Waals surface area contributed by atoms with E-state index in [1.54, 1.807) is 0 Å². The van der Waals surface area contributed by atoms with Crippen LogP contribution in [0, 0.1) is 20.8 Å². The van der Waals surface area contributed by atoms with E-state index < -0.39 is 0 Å². The van der Waals surface area contributed by atoms with Crippen molar-refractivity contribution < 1.29 is 0 Å². The summed E-state index contributed by atoms with van der Waals surface area (Å²) in [6.07, 6.45) is 1.15. The van der Waals surface area contributed by atoms with Gasteiger partial charge in [-0.05, 0) is 46.2 Å². The largest absolute Gasteiger partial charge is 0.310 e. The van der Waals surface area contributed by atoms with E-state index in [1.165, 1.54) is 22.4 Å². The number of nitrogens with one attached hydrogen (secondary N) is 1. The Kier molecular flexibility index (Phi) is 5.18. The van der Waals surface area contributed by atoms with Gasteiger partial charge in [0.25, 0.3) is 0 Å². The lowest BCUT2D eigenvalue weighted by Gasteiger charge is -2.14. The van der Waals surface area contributed by atoms with Gasteiger partial charge < -0.3 is 5.32 Å². The van der Waals surface area contributed by atoms with Crippen LogP contribution in [0.15, 0.2) is 24.3 Å². The van der Waals surface area contributed by atoms with Crippen LogP contribution in [0.3, 0.4) is 0 Å². The molecule has 0 radical (unpaired) electrons. The molecule has 2 aromatic rings. The Morgan fingerprint density at radius 1 is 1.24 bits per heavy atom. The number of rotatable bonds is 6. The van der Waals surface area contributed by atoms with Gasteiger partial charge in [0, 0.05) is 17.3 Å². The molecule has 0 saturated carbocycles. The first-order valence-corrected chi connectivity index (χ1v) is 7.85. The minimum atomic E-state index is 0.358. The highest BCUT2D eigenvalue weighted by Gasteiger charge is 2.17. The van der Waals surface area contributed by atoms with Crippen molar-refractivity contribution in [2.45, 2.75) is 53.6 Å². The summed E-state index contributed by atoms with van der Waals surface area (Å²) in [6.45, 7) is 12.7. The van der Waals surface area contributed by atoms with E-state index in [0.717, 1.165) is 25.2 Å². The zero-order valence-corrected chi connectivity index (χ0v) is 13.9. The molecular weight excluding hydrogens is 258 g/mol. The zero-order valence-electron chi connectivity index (χ0n) is 13.9. The van der Waals surface area contributed by atoms with Crippen LogP contribution in [0.2, 0.25) is 0 Å². The lowest BCUT2D eigenvalue weighted by atomic mass is 10.1. The molecular formula is C18H27N3. The molecule has 21 heavy (non-hydrogen) atoms. The van der Waals surface area contributed by atoms with Crippen molar-refractivity contribution in [3.8, 4) is 0 Å². The first-order valence-electron chi connectivity index (χ1n) is 7.85. The predicted molar refractivity (Wildman–Crippen MR) is 88.7 cm³/mol. The molecule has 1 atom stereocenters. The molecule has 0 amide bonds. The summed E-state index contributed by atoms with van der Waals surface area (Å²) in [6, 6.07) is 9.00. The van der Waals surface area contributed by atoms with Gasteiger partial charge in [0.1, 0.15) is 0 Å². The van der Waals surface area contributed by atoms with Crippen LogP contribution in [0.5, 0.6) is 0 Å². The fourth-order valence-corrected chi connectivity index (χ4v) is 2.94. The highest BCUT2D eigenvalue weighted by atomic mass is 15.3. The predicted octanol–water partition coefficient (Wildman–Crippen LogP) is 3.92. The van der Waals surface area contributed by atoms with Gasteiger partial charge in [0.2, 0.25) is 0 Å². The first kappa shape index (κ1) is 15.8. The number of benzene rings is 1. The summed E-state index contributed by atoms with van der Waals surface area (Å²) in [5.74, 6) is 0. The smallest absolute Gasteiger partial charge is 0.0662 e. The highest BCUT2D eigenvalue weighted by Crippen LogP contribution is 2.22. The van der Waals surface area contributed by atoms with E-state index in [0.29, 0.717) is 6.04 Å². The Bertz CT molecular complexity index is 599. The number of aryl methyl sites for hydroxylation is 2. The molecule has 1 heterocycles. The highest BCUT2D eigenvalue weighted by molar-refractivity contribution is 5.29. The molecule has 0 aliphatic carbocycles. The molecule has 0 spiro atoms. The van der Waals surface area contributed by atoms with Crippen LogP contribution in [0.4, 0.5) is 0 Å². The second kappa shape index (κ2) is 6.90. The molecule has 1 aromatic carbocycles. The monoisotopic (exact) mass is 285 g/mol. The second-order valence-electron chi connectivity index (χ2n) is 5.91. The Balaban J connectivity index is 2.22. The van der Waals surface area contributed by atoms with Gasteiger partial charge in [-0.1, -0.05) is 36.8 Å². The molecule has 1 N–H and O–H groups in total. The third kappa shape index (κ3) is 3.73. The molecule has 0 saturated heterocycles. The summed E-state index contributed by atoms with van der Waals surface area (Å²) in [5, 5.41) is 8.30. The van der Waals surface area contributed by atoms with E-state index in [4.69, 9.17) is 5.10 Å². The van der Waals surface area contributed by atoms with Gasteiger partial charge in [-0.25, -0.2) is 0 Å². The number of nitrogens with zero attached hydrogens (tertiary/aromatic N) is 2. The van der Waals surface area contributed by atoms with Crippen molar-refractivity contribution in [3.05, 3.63) is 52.3 Å². The van der Waals surface area contributed by atoms with Gasteiger partial charge >= 0.3 is 0 Å². The molecule has 0 fully saturated rings. The van der Waals surface area contributed by atoms with E-state index in [2.05, 4.69) is 68.9 Å². The Morgan fingerprint density at radius 2 is 2.00 bits per heavy atom. The fraction of sp³-hybridized carbons (Fsp3) is 0.500. The molecule has 0 bridgehead atoms. The third-order valence-corrected chi connectivity index (χ3v) is 3.99. The third-order valence-electron chi connectivity index (χ3n) is 3.99. The van der Waals surface area contributed by atoms with Crippen molar-refractivity contribution in [1.82, 2.24) is 15.1 Å². The average Bonchev–Trinajstić information content (AvgIpc) is 2.71. The fourth-order valence-electron chi connectivity index (χ4n) is 2.94. The maximum atomic E-state index is 4.74. The number of hydrogen-bond donors (Lipinski definition) is 1. The van der Waals surface area contributed by atoms with Crippen LogP contribution >= 0.6 is 0 Å². The molecule has 3 heteroatoms. The maximum Gasteiger partial charge on any atom is 0.0662 e. The van der Waals surface area contributed by atoms with Gasteiger partial charge in [-0.2, -0.15) is 5.10 Å². The Morgan fingerprint density at radius 3 is 2.67 bits per heavy atom. The van der Waals surface area contributed by atoms with Crippen LogP contribution in [-0.2, 0) is 6.54 Å². The van der Waals surface area contributed by atoms with Gasteiger partial charge in [-0.3, -0.25) is 4.68 Å². The summed E-state index contributed by atoms with van der Waals surface area (Å²) in [4.78, 5) is 0. The molecule has 1 aromatic heterocycles. The summed E-state index contributed by atoms with van der Waals surface area (Å²) < 4.78 is 2.13. The van der Waals surface area contributed by atoms with Crippen LogP contribution < -0.4 is 5.32 Å². The van der Waals surface area contributed by atoms with Crippen molar-refractivity contribution in [2.75, 3.05) is 6.54 Å². The standard InChI is InChI=1S/C18H27N3/c1-6-10-19-14(3)18-15(4)20-21(16(18)5)12-17-9-7-8-13(2)11-17/h7-9,11,14,19H,6,10,12H2,1-5H3. The summed E-state index contributed by atoms with van der Waals surface area (Å²) in [7, 11) is 0. The molecule has 0 aliphatic heterocycles. The lowest BCUT2D eigenvalue weighted by Crippen LogP contribution is -2.20. The van der Waals surface area contributed by atoms with Crippen molar-refractivity contribution in [3.63, 3.8) is 0 Å². The Labute approximate surface area is 128 Å². The molecule has 1 unspecified atom stereocenters. The van der Waals surface area contributed by atoms with E-state index >= 15 is 0 Å². The van der Waals surface area contributed by atoms with Crippen molar-refractivity contribution in [1.29, 1.82) is 0 Å². The normalized spacial score (nSPS) is 12.6. The Hall–Kier alpha value is -1.61. The lowest BCUT2D eigenvalue weighted by molar-refractivity contribution is 0.564. The topological polar surface area (TPSA) is 29.9 Å². The summed E-state index contributed by atoms with van der Waals surface area (Å²) >= 11 is 0. The van der Waals surface area contributed by atoms with Gasteiger partial charge in [0.15, 0.2) is 0 Å². The zero-order chi connectivity index (χ0) is 15.4. The maximum absolute atomic E-state index is 4.74. The number of hydrogen-bond acceptors (Lipinski definition) is 2. The molecule has 114 valence electrons. The summed E-state index contributed by atoms with van der Waals surface area (Å²) in [5.41, 5.74) is 6.35. The van der Waals surface area contributed by atoms with E-state index in [9.17, 15) is 0 Å². The van der Waals surface area contributed by atoms with Crippen LogP contribution in [0.25, 0.3) is 0 Å². The SMILES string of the molecule is CCCNC(C)c1c(C)nn(Cc2cccc(C)c2)c1C. The molecule has 0 aliphatic rings. The average molecular weight is 285 g/mol. The minimum Gasteiger partial charge on any atom is -0.310 e. The molecule has 2 rings (SSSR count). The molecule has 3 nitrogen and oxygen atoms in total.